The number of hydrogen-bond donors (Lipinski definition) is 2. The second-order valence-electron chi connectivity index (χ2n) is 4.91. The highest BCUT2D eigenvalue weighted by atomic mass is 35.5. The molecule has 1 fully saturated rings. The van der Waals surface area contributed by atoms with Gasteiger partial charge < -0.3 is 15.2 Å². The summed E-state index contributed by atoms with van der Waals surface area (Å²) >= 11 is 5.75. The Morgan fingerprint density at radius 2 is 2.05 bits per heavy atom. The molecular formula is C12H17ClN4O3. The van der Waals surface area contributed by atoms with Crippen molar-refractivity contribution in [3.8, 4) is 6.01 Å². The molecule has 8 heteroatoms. The number of carboxylic acids is 1. The summed E-state index contributed by atoms with van der Waals surface area (Å²) in [5.74, 6) is -0.551. The van der Waals surface area contributed by atoms with Gasteiger partial charge in [-0.2, -0.15) is 15.0 Å². The Bertz CT molecular complexity index is 492. The molecule has 0 unspecified atom stereocenters. The molecule has 0 amide bonds. The molecule has 2 rings (SSSR count). The average Bonchev–Trinajstić information content (AvgIpc) is 2.45. The molecule has 0 aliphatic heterocycles. The van der Waals surface area contributed by atoms with Gasteiger partial charge in [0.25, 0.3) is 0 Å². The highest BCUT2D eigenvalue weighted by molar-refractivity contribution is 6.28. The smallest absolute Gasteiger partial charge is 0.322 e. The Morgan fingerprint density at radius 1 is 1.35 bits per heavy atom. The van der Waals surface area contributed by atoms with Gasteiger partial charge in [0.2, 0.25) is 11.2 Å². The second kappa shape index (κ2) is 6.21. The number of hydrogen-bond acceptors (Lipinski definition) is 6. The van der Waals surface area contributed by atoms with Crippen molar-refractivity contribution in [1.82, 2.24) is 15.0 Å². The number of carboxylic acid groups (broad SMARTS) is 1. The second-order valence-corrected chi connectivity index (χ2v) is 5.25. The van der Waals surface area contributed by atoms with E-state index in [1.165, 1.54) is 7.11 Å². The Hall–Kier alpha value is -1.63. The van der Waals surface area contributed by atoms with Crippen molar-refractivity contribution in [3.63, 3.8) is 0 Å². The summed E-state index contributed by atoms with van der Waals surface area (Å²) in [6.07, 6.45) is 4.25. The lowest BCUT2D eigenvalue weighted by Crippen LogP contribution is -2.40. The molecule has 0 bridgehead atoms. The molecule has 0 saturated heterocycles. The lowest BCUT2D eigenvalue weighted by Gasteiger charge is -2.33. The number of nitrogens with zero attached hydrogens (tertiary/aromatic N) is 3. The van der Waals surface area contributed by atoms with Crippen LogP contribution in [0.3, 0.4) is 0 Å². The summed E-state index contributed by atoms with van der Waals surface area (Å²) in [4.78, 5) is 23.2. The minimum atomic E-state index is -0.781. The number of rotatable bonds is 5. The van der Waals surface area contributed by atoms with Crippen molar-refractivity contribution in [1.29, 1.82) is 0 Å². The van der Waals surface area contributed by atoms with E-state index in [2.05, 4.69) is 20.3 Å². The van der Waals surface area contributed by atoms with E-state index in [-0.39, 0.29) is 23.8 Å². The van der Waals surface area contributed by atoms with Gasteiger partial charge in [-0.25, -0.2) is 0 Å². The number of nitrogens with one attached hydrogen (secondary N) is 1. The largest absolute Gasteiger partial charge is 0.481 e. The predicted octanol–water partition coefficient (Wildman–Crippen LogP) is 1.98. The molecule has 0 radical (unpaired) electrons. The minimum Gasteiger partial charge on any atom is -0.481 e. The molecule has 0 spiro atoms. The highest BCUT2D eigenvalue weighted by Crippen LogP contribution is 2.36. The first-order valence-corrected chi connectivity index (χ1v) is 6.86. The predicted molar refractivity (Wildman–Crippen MR) is 73.0 cm³/mol. The van der Waals surface area contributed by atoms with Crippen LogP contribution >= 0.6 is 11.6 Å². The van der Waals surface area contributed by atoms with Crippen LogP contribution in [0.2, 0.25) is 5.28 Å². The van der Waals surface area contributed by atoms with E-state index in [1.54, 1.807) is 0 Å². The number of aliphatic carboxylic acids is 1. The van der Waals surface area contributed by atoms with E-state index in [4.69, 9.17) is 16.3 Å². The van der Waals surface area contributed by atoms with Gasteiger partial charge in [-0.3, -0.25) is 4.79 Å². The third-order valence-corrected chi connectivity index (χ3v) is 3.79. The van der Waals surface area contributed by atoms with E-state index < -0.39 is 11.4 Å². The quantitative estimate of drug-likeness (QED) is 0.858. The number of carbonyl (C=O) groups is 1. The monoisotopic (exact) mass is 300 g/mol. The fourth-order valence-corrected chi connectivity index (χ4v) is 2.60. The van der Waals surface area contributed by atoms with E-state index in [1.807, 2.05) is 0 Å². The zero-order valence-corrected chi connectivity index (χ0v) is 12.0. The normalized spacial score (nSPS) is 17.5. The van der Waals surface area contributed by atoms with Gasteiger partial charge in [0.1, 0.15) is 0 Å². The molecule has 7 nitrogen and oxygen atoms in total. The average molecular weight is 301 g/mol. The number of methoxy groups -OCH3 is 1. The Morgan fingerprint density at radius 3 is 2.65 bits per heavy atom. The molecule has 1 heterocycles. The third-order valence-electron chi connectivity index (χ3n) is 3.62. The number of halogens is 1. The molecule has 0 aromatic carbocycles. The van der Waals surface area contributed by atoms with Crippen LogP contribution in [0.4, 0.5) is 5.95 Å². The van der Waals surface area contributed by atoms with Crippen LogP contribution in [0, 0.1) is 5.41 Å². The topological polar surface area (TPSA) is 97.2 Å². The maximum Gasteiger partial charge on any atom is 0.322 e. The van der Waals surface area contributed by atoms with Crippen molar-refractivity contribution in [2.75, 3.05) is 19.0 Å². The highest BCUT2D eigenvalue weighted by Gasteiger charge is 2.39. The van der Waals surface area contributed by atoms with Crippen LogP contribution in [0.25, 0.3) is 0 Å². The summed E-state index contributed by atoms with van der Waals surface area (Å²) in [5, 5.41) is 12.4. The fraction of sp³-hybridized carbons (Fsp3) is 0.667. The van der Waals surface area contributed by atoms with Gasteiger partial charge in [0, 0.05) is 6.54 Å². The van der Waals surface area contributed by atoms with Crippen LogP contribution < -0.4 is 10.1 Å². The minimum absolute atomic E-state index is 0.00682. The van der Waals surface area contributed by atoms with Crippen LogP contribution in [0.5, 0.6) is 6.01 Å². The van der Waals surface area contributed by atoms with Crippen molar-refractivity contribution in [3.05, 3.63) is 5.28 Å². The first-order valence-electron chi connectivity index (χ1n) is 6.48. The molecule has 2 N–H and O–H groups in total. The number of ether oxygens (including phenoxy) is 1. The maximum atomic E-state index is 11.5. The van der Waals surface area contributed by atoms with Gasteiger partial charge in [0.05, 0.1) is 12.5 Å². The van der Waals surface area contributed by atoms with Crippen LogP contribution in [-0.2, 0) is 4.79 Å². The maximum absolute atomic E-state index is 11.5. The SMILES string of the molecule is COc1nc(Cl)nc(NCC2(C(=O)O)CCCCC2)n1. The summed E-state index contributed by atoms with van der Waals surface area (Å²) in [5.41, 5.74) is -0.759. The molecule has 1 aromatic rings. The standard InChI is InChI=1S/C12H17ClN4O3/c1-20-11-16-9(13)15-10(17-11)14-7-12(8(18)19)5-3-2-4-6-12/h2-7H2,1H3,(H,18,19)(H,14,15,16,17). The Kier molecular flexibility index (Phi) is 4.59. The fourth-order valence-electron chi connectivity index (χ4n) is 2.45. The van der Waals surface area contributed by atoms with E-state index in [0.29, 0.717) is 12.8 Å². The third kappa shape index (κ3) is 3.27. The zero-order valence-electron chi connectivity index (χ0n) is 11.2. The van der Waals surface area contributed by atoms with E-state index in [9.17, 15) is 9.90 Å². The van der Waals surface area contributed by atoms with Gasteiger partial charge >= 0.3 is 12.0 Å². The van der Waals surface area contributed by atoms with Gasteiger partial charge in [-0.15, -0.1) is 0 Å². The van der Waals surface area contributed by atoms with Crippen molar-refractivity contribution < 1.29 is 14.6 Å². The summed E-state index contributed by atoms with van der Waals surface area (Å²) in [6, 6.07) is 0.0977. The summed E-state index contributed by atoms with van der Waals surface area (Å²) < 4.78 is 4.90. The lowest BCUT2D eigenvalue weighted by molar-refractivity contribution is -0.150. The van der Waals surface area contributed by atoms with Crippen LogP contribution in [0.1, 0.15) is 32.1 Å². The molecule has 1 aliphatic carbocycles. The lowest BCUT2D eigenvalue weighted by atomic mass is 9.74. The summed E-state index contributed by atoms with van der Waals surface area (Å²) in [6.45, 7) is 0.270. The van der Waals surface area contributed by atoms with Gasteiger partial charge in [-0.05, 0) is 24.4 Å². The molecule has 0 atom stereocenters. The van der Waals surface area contributed by atoms with E-state index >= 15 is 0 Å². The van der Waals surface area contributed by atoms with Crippen LogP contribution in [0.15, 0.2) is 0 Å². The Balaban J connectivity index is 2.09. The van der Waals surface area contributed by atoms with Crippen molar-refractivity contribution in [2.24, 2.45) is 5.41 Å². The van der Waals surface area contributed by atoms with Crippen molar-refractivity contribution in [2.45, 2.75) is 32.1 Å². The van der Waals surface area contributed by atoms with E-state index in [0.717, 1.165) is 19.3 Å². The van der Waals surface area contributed by atoms with Gasteiger partial charge in [0.15, 0.2) is 0 Å². The Labute approximate surface area is 121 Å². The number of anilines is 1. The first-order chi connectivity index (χ1) is 9.55. The molecule has 1 aromatic heterocycles. The van der Waals surface area contributed by atoms with Gasteiger partial charge in [-0.1, -0.05) is 19.3 Å². The summed E-state index contributed by atoms with van der Waals surface area (Å²) in [7, 11) is 1.43. The first kappa shape index (κ1) is 14.8. The molecular weight excluding hydrogens is 284 g/mol. The zero-order chi connectivity index (χ0) is 14.6. The molecule has 1 aliphatic rings. The van der Waals surface area contributed by atoms with Crippen molar-refractivity contribution >= 4 is 23.5 Å². The molecule has 20 heavy (non-hydrogen) atoms. The number of aromatic nitrogens is 3. The van der Waals surface area contributed by atoms with Crippen LogP contribution in [-0.4, -0.2) is 39.7 Å². The molecule has 1 saturated carbocycles. The molecule has 110 valence electrons.